The number of nitrogens with zero attached hydrogens (tertiary/aromatic N) is 4. The monoisotopic (exact) mass is 385 g/mol. The number of hydrogen-bond donors (Lipinski definition) is 3. The first-order chi connectivity index (χ1) is 12.6. The van der Waals surface area contributed by atoms with Gasteiger partial charge in [0.2, 0.25) is 0 Å². The van der Waals surface area contributed by atoms with E-state index in [2.05, 4.69) is 25.6 Å². The largest absolute Gasteiger partial charge is 0.433 e. The summed E-state index contributed by atoms with van der Waals surface area (Å²) in [7, 11) is 0. The summed E-state index contributed by atoms with van der Waals surface area (Å²) >= 11 is 0. The topological polar surface area (TPSA) is 126 Å². The fraction of sp³-hybridized carbons (Fsp3) is 0.533. The lowest BCUT2D eigenvalue weighted by atomic mass is 9.88. The van der Waals surface area contributed by atoms with Crippen molar-refractivity contribution in [2.24, 2.45) is 10.7 Å². The number of rotatable bonds is 2. The summed E-state index contributed by atoms with van der Waals surface area (Å²) in [4.78, 5) is 37.2. The number of aliphatic imine (C=N–C) groups is 1. The molecule has 1 aromatic rings. The number of aryl methyl sites for hydroxylation is 1. The smallest absolute Gasteiger partial charge is 0.370 e. The molecule has 1 aromatic heterocycles. The number of carbonyl (C=O) groups is 2. The number of piperidine rings is 1. The Morgan fingerprint density at radius 1 is 1.37 bits per heavy atom. The van der Waals surface area contributed by atoms with E-state index in [1.807, 2.05) is 0 Å². The molecule has 0 bridgehead atoms. The Morgan fingerprint density at radius 3 is 2.59 bits per heavy atom. The number of aromatic nitrogens is 2. The zero-order valence-electron chi connectivity index (χ0n) is 14.4. The first kappa shape index (κ1) is 18.9. The molecule has 3 rings (SSSR count). The van der Waals surface area contributed by atoms with Gasteiger partial charge in [-0.3, -0.25) is 10.1 Å². The van der Waals surface area contributed by atoms with Gasteiger partial charge in [-0.05, 0) is 25.8 Å². The van der Waals surface area contributed by atoms with E-state index in [9.17, 15) is 22.8 Å². The first-order valence-electron chi connectivity index (χ1n) is 8.20. The SMILES string of the molecule is Cc1cc(C(F)(F)F)nc(CNC(=O)N2CCC3(CC2)N=C(N)NC3=O)n1. The van der Waals surface area contributed by atoms with Crippen molar-refractivity contribution in [1.29, 1.82) is 0 Å². The van der Waals surface area contributed by atoms with Crippen LogP contribution in [-0.4, -0.2) is 51.4 Å². The predicted molar refractivity (Wildman–Crippen MR) is 87.3 cm³/mol. The molecular formula is C15H18F3N7O2. The molecule has 1 saturated heterocycles. The van der Waals surface area contributed by atoms with Crippen LogP contribution in [0, 0.1) is 6.92 Å². The molecule has 3 heterocycles. The Morgan fingerprint density at radius 2 is 2.04 bits per heavy atom. The Labute approximate surface area is 152 Å². The molecular weight excluding hydrogens is 367 g/mol. The van der Waals surface area contributed by atoms with Gasteiger partial charge < -0.3 is 16.0 Å². The number of hydrogen-bond acceptors (Lipinski definition) is 6. The summed E-state index contributed by atoms with van der Waals surface area (Å²) in [6.07, 6.45) is -3.96. The van der Waals surface area contributed by atoms with Crippen LogP contribution in [0.15, 0.2) is 11.1 Å². The molecule has 2 aliphatic rings. The van der Waals surface area contributed by atoms with Gasteiger partial charge in [-0.1, -0.05) is 0 Å². The molecule has 0 aliphatic carbocycles. The van der Waals surface area contributed by atoms with E-state index in [0.717, 1.165) is 6.07 Å². The molecule has 1 fully saturated rings. The maximum absolute atomic E-state index is 12.8. The number of nitrogens with two attached hydrogens (primary N) is 1. The molecule has 0 atom stereocenters. The molecule has 2 aliphatic heterocycles. The van der Waals surface area contributed by atoms with Gasteiger partial charge in [0, 0.05) is 18.8 Å². The summed E-state index contributed by atoms with van der Waals surface area (Å²) < 4.78 is 38.4. The average Bonchev–Trinajstić information content (AvgIpc) is 2.85. The van der Waals surface area contributed by atoms with Gasteiger partial charge in [0.05, 0.1) is 6.54 Å². The van der Waals surface area contributed by atoms with E-state index in [-0.39, 0.29) is 43.0 Å². The van der Waals surface area contributed by atoms with E-state index in [0.29, 0.717) is 12.8 Å². The lowest BCUT2D eigenvalue weighted by Gasteiger charge is -2.35. The third-order valence-corrected chi connectivity index (χ3v) is 4.47. The van der Waals surface area contributed by atoms with Crippen molar-refractivity contribution >= 4 is 17.9 Å². The molecule has 0 radical (unpaired) electrons. The second-order valence-electron chi connectivity index (χ2n) is 6.44. The number of alkyl halides is 3. The Balaban J connectivity index is 1.58. The van der Waals surface area contributed by atoms with Crippen LogP contribution < -0.4 is 16.4 Å². The maximum Gasteiger partial charge on any atom is 0.433 e. The fourth-order valence-electron chi connectivity index (χ4n) is 3.08. The number of halogens is 3. The standard InChI is InChI=1S/C15H18F3N7O2/c1-8-6-9(15(16,17)18)22-10(21-8)7-20-13(27)25-4-2-14(3-5-25)11(26)23-12(19)24-14/h6H,2-5,7H2,1H3,(H,20,27)(H3,19,23,24,26). The van der Waals surface area contributed by atoms with E-state index in [4.69, 9.17) is 5.73 Å². The summed E-state index contributed by atoms with van der Waals surface area (Å²) in [5.74, 6) is -0.348. The minimum Gasteiger partial charge on any atom is -0.370 e. The minimum absolute atomic E-state index is 0.0648. The number of amides is 3. The van der Waals surface area contributed by atoms with Gasteiger partial charge in [0.1, 0.15) is 17.1 Å². The van der Waals surface area contributed by atoms with Gasteiger partial charge in [-0.2, -0.15) is 13.2 Å². The minimum atomic E-state index is -4.59. The van der Waals surface area contributed by atoms with Crippen molar-refractivity contribution in [2.45, 2.75) is 38.0 Å². The molecule has 1 spiro atoms. The van der Waals surface area contributed by atoms with Crippen molar-refractivity contribution in [1.82, 2.24) is 25.5 Å². The average molecular weight is 385 g/mol. The zero-order valence-corrected chi connectivity index (χ0v) is 14.4. The highest BCUT2D eigenvalue weighted by atomic mass is 19.4. The molecule has 12 heteroatoms. The summed E-state index contributed by atoms with van der Waals surface area (Å²) in [6.45, 7) is 1.71. The molecule has 4 N–H and O–H groups in total. The second kappa shape index (κ2) is 6.67. The molecule has 0 saturated carbocycles. The van der Waals surface area contributed by atoms with Crippen LogP contribution in [-0.2, 0) is 17.5 Å². The lowest BCUT2D eigenvalue weighted by Crippen LogP contribution is -2.52. The van der Waals surface area contributed by atoms with Crippen LogP contribution >= 0.6 is 0 Å². The van der Waals surface area contributed by atoms with E-state index in [1.54, 1.807) is 0 Å². The van der Waals surface area contributed by atoms with Gasteiger partial charge in [0.25, 0.3) is 5.91 Å². The van der Waals surface area contributed by atoms with E-state index >= 15 is 0 Å². The highest BCUT2D eigenvalue weighted by Gasteiger charge is 2.46. The third kappa shape index (κ3) is 3.93. The second-order valence-corrected chi connectivity index (χ2v) is 6.44. The Bertz CT molecular complexity index is 801. The Kier molecular flexibility index (Phi) is 4.66. The van der Waals surface area contributed by atoms with Crippen LogP contribution in [0.3, 0.4) is 0 Å². The number of likely N-dealkylation sites (tertiary alicyclic amines) is 1. The van der Waals surface area contributed by atoms with Crippen molar-refractivity contribution in [3.05, 3.63) is 23.3 Å². The van der Waals surface area contributed by atoms with E-state index in [1.165, 1.54) is 11.8 Å². The highest BCUT2D eigenvalue weighted by molar-refractivity contribution is 6.06. The van der Waals surface area contributed by atoms with Gasteiger partial charge >= 0.3 is 12.2 Å². The van der Waals surface area contributed by atoms with Crippen LogP contribution in [0.25, 0.3) is 0 Å². The number of urea groups is 1. The summed E-state index contributed by atoms with van der Waals surface area (Å²) in [5.41, 5.74) is 3.68. The molecule has 146 valence electrons. The third-order valence-electron chi connectivity index (χ3n) is 4.47. The van der Waals surface area contributed by atoms with Crippen LogP contribution in [0.4, 0.5) is 18.0 Å². The van der Waals surface area contributed by atoms with Crippen molar-refractivity contribution in [3.8, 4) is 0 Å². The molecule has 0 aromatic carbocycles. The summed E-state index contributed by atoms with van der Waals surface area (Å²) in [5, 5.41) is 4.96. The normalized spacial score (nSPS) is 19.0. The molecule has 3 amide bonds. The van der Waals surface area contributed by atoms with Crippen molar-refractivity contribution < 1.29 is 22.8 Å². The summed E-state index contributed by atoms with van der Waals surface area (Å²) in [6, 6.07) is 0.368. The predicted octanol–water partition coefficient (Wildman–Crippen LogP) is 0.293. The number of carbonyl (C=O) groups excluding carboxylic acids is 2. The number of nitrogens with one attached hydrogen (secondary N) is 2. The maximum atomic E-state index is 12.8. The van der Waals surface area contributed by atoms with Crippen molar-refractivity contribution in [2.75, 3.05) is 13.1 Å². The van der Waals surface area contributed by atoms with E-state index < -0.39 is 23.4 Å². The van der Waals surface area contributed by atoms with Crippen LogP contribution in [0.1, 0.15) is 30.1 Å². The number of guanidine groups is 1. The first-order valence-corrected chi connectivity index (χ1v) is 8.20. The molecule has 27 heavy (non-hydrogen) atoms. The van der Waals surface area contributed by atoms with Gasteiger partial charge in [-0.15, -0.1) is 0 Å². The van der Waals surface area contributed by atoms with Gasteiger partial charge in [-0.25, -0.2) is 19.8 Å². The molecule has 9 nitrogen and oxygen atoms in total. The fourth-order valence-corrected chi connectivity index (χ4v) is 3.08. The van der Waals surface area contributed by atoms with Gasteiger partial charge in [0.15, 0.2) is 5.96 Å². The quantitative estimate of drug-likeness (QED) is 0.675. The highest BCUT2D eigenvalue weighted by Crippen LogP contribution is 2.29. The van der Waals surface area contributed by atoms with Crippen LogP contribution in [0.5, 0.6) is 0 Å². The van der Waals surface area contributed by atoms with Crippen LogP contribution in [0.2, 0.25) is 0 Å². The molecule has 0 unspecified atom stereocenters. The zero-order chi connectivity index (χ0) is 19.8. The Hall–Kier alpha value is -2.92. The lowest BCUT2D eigenvalue weighted by molar-refractivity contribution is -0.141. The van der Waals surface area contributed by atoms with Crippen molar-refractivity contribution in [3.63, 3.8) is 0 Å².